The van der Waals surface area contributed by atoms with E-state index in [0.29, 0.717) is 18.1 Å². The summed E-state index contributed by atoms with van der Waals surface area (Å²) in [5.74, 6) is 0.959. The van der Waals surface area contributed by atoms with E-state index >= 15 is 0 Å². The highest BCUT2D eigenvalue weighted by Gasteiger charge is 2.18. The molecule has 0 saturated carbocycles. The molecule has 0 fully saturated rings. The molecule has 0 heterocycles. The van der Waals surface area contributed by atoms with E-state index in [2.05, 4.69) is 0 Å². The number of hydrogen-bond donors (Lipinski definition) is 1. The van der Waals surface area contributed by atoms with E-state index in [0.717, 1.165) is 0 Å². The highest BCUT2D eigenvalue weighted by atomic mass is 32.2. The maximum atomic E-state index is 12.1. The van der Waals surface area contributed by atoms with Gasteiger partial charge in [-0.1, -0.05) is 13.8 Å². The fraction of sp³-hybridized carbons (Fsp3) is 0.500. The van der Waals surface area contributed by atoms with Crippen LogP contribution in [0.2, 0.25) is 0 Å². The lowest BCUT2D eigenvalue weighted by Crippen LogP contribution is -2.11. The fourth-order valence-electron chi connectivity index (χ4n) is 1.41. The Kier molecular flexibility index (Phi) is 4.40. The van der Waals surface area contributed by atoms with E-state index in [1.807, 2.05) is 13.8 Å². The molecule has 96 valence electrons. The van der Waals surface area contributed by atoms with Gasteiger partial charge in [0.25, 0.3) is 0 Å². The van der Waals surface area contributed by atoms with Crippen molar-refractivity contribution < 1.29 is 13.2 Å². The lowest BCUT2D eigenvalue weighted by atomic mass is 10.2. The summed E-state index contributed by atoms with van der Waals surface area (Å²) in [4.78, 5) is 0.164. The Labute approximate surface area is 103 Å². The predicted molar refractivity (Wildman–Crippen MR) is 68.9 cm³/mol. The Morgan fingerprint density at radius 3 is 2.53 bits per heavy atom. The van der Waals surface area contributed by atoms with Gasteiger partial charge in [0.15, 0.2) is 9.84 Å². The SMILES string of the molecule is COc1ccc(N)c(S(=O)(=O)CCC(C)C)c1. The summed E-state index contributed by atoms with van der Waals surface area (Å²) in [6.45, 7) is 3.98. The molecule has 1 aromatic rings. The van der Waals surface area contributed by atoms with Gasteiger partial charge in [-0.2, -0.15) is 0 Å². The molecule has 1 aromatic carbocycles. The monoisotopic (exact) mass is 257 g/mol. The van der Waals surface area contributed by atoms with Gasteiger partial charge >= 0.3 is 0 Å². The molecule has 2 N–H and O–H groups in total. The second-order valence-corrected chi connectivity index (χ2v) is 6.48. The standard InChI is InChI=1S/C12H19NO3S/c1-9(2)6-7-17(14,15)12-8-10(16-3)4-5-11(12)13/h4-5,8-9H,6-7,13H2,1-3H3. The summed E-state index contributed by atoms with van der Waals surface area (Å²) in [6.07, 6.45) is 0.624. The summed E-state index contributed by atoms with van der Waals surface area (Å²) in [6, 6.07) is 4.68. The van der Waals surface area contributed by atoms with E-state index in [1.165, 1.54) is 13.2 Å². The average Bonchev–Trinajstić information content (AvgIpc) is 2.27. The molecule has 1 rings (SSSR count). The van der Waals surface area contributed by atoms with Gasteiger partial charge in [-0.05, 0) is 24.5 Å². The van der Waals surface area contributed by atoms with E-state index in [9.17, 15) is 8.42 Å². The van der Waals surface area contributed by atoms with Crippen LogP contribution in [-0.2, 0) is 9.84 Å². The maximum absolute atomic E-state index is 12.1. The number of ether oxygens (including phenoxy) is 1. The molecule has 0 spiro atoms. The molecule has 0 aliphatic carbocycles. The number of anilines is 1. The largest absolute Gasteiger partial charge is 0.497 e. The van der Waals surface area contributed by atoms with Crippen LogP contribution in [0, 0.1) is 5.92 Å². The van der Waals surface area contributed by atoms with E-state index in [-0.39, 0.29) is 16.3 Å². The van der Waals surface area contributed by atoms with Crippen molar-refractivity contribution in [1.82, 2.24) is 0 Å². The van der Waals surface area contributed by atoms with Crippen LogP contribution in [-0.4, -0.2) is 21.3 Å². The lowest BCUT2D eigenvalue weighted by molar-refractivity contribution is 0.413. The quantitative estimate of drug-likeness (QED) is 0.820. The first-order chi connectivity index (χ1) is 7.86. The third-order valence-corrected chi connectivity index (χ3v) is 4.32. The first-order valence-electron chi connectivity index (χ1n) is 5.53. The number of rotatable bonds is 5. The summed E-state index contributed by atoms with van der Waals surface area (Å²) < 4.78 is 29.2. The first-order valence-corrected chi connectivity index (χ1v) is 7.18. The van der Waals surface area contributed by atoms with Crippen LogP contribution < -0.4 is 10.5 Å². The summed E-state index contributed by atoms with van der Waals surface area (Å²) >= 11 is 0. The van der Waals surface area contributed by atoms with Gasteiger partial charge < -0.3 is 10.5 Å². The van der Waals surface area contributed by atoms with Gasteiger partial charge in [0.1, 0.15) is 5.75 Å². The van der Waals surface area contributed by atoms with Crippen molar-refractivity contribution in [3.8, 4) is 5.75 Å². The van der Waals surface area contributed by atoms with E-state index < -0.39 is 9.84 Å². The highest BCUT2D eigenvalue weighted by molar-refractivity contribution is 7.91. The minimum absolute atomic E-state index is 0.113. The molecule has 0 aromatic heterocycles. The van der Waals surface area contributed by atoms with Crippen molar-refractivity contribution in [1.29, 1.82) is 0 Å². The van der Waals surface area contributed by atoms with Crippen molar-refractivity contribution >= 4 is 15.5 Å². The molecule has 0 atom stereocenters. The zero-order valence-electron chi connectivity index (χ0n) is 10.4. The van der Waals surface area contributed by atoms with E-state index in [4.69, 9.17) is 10.5 Å². The van der Waals surface area contributed by atoms with Crippen LogP contribution in [0.25, 0.3) is 0 Å². The molecule has 5 heteroatoms. The Hall–Kier alpha value is -1.23. The second kappa shape index (κ2) is 5.40. The Morgan fingerprint density at radius 2 is 2.00 bits per heavy atom. The van der Waals surface area contributed by atoms with Gasteiger partial charge in [-0.15, -0.1) is 0 Å². The maximum Gasteiger partial charge on any atom is 0.180 e. The van der Waals surface area contributed by atoms with Crippen LogP contribution in [0.15, 0.2) is 23.1 Å². The van der Waals surface area contributed by atoms with Crippen LogP contribution >= 0.6 is 0 Å². The molecular weight excluding hydrogens is 238 g/mol. The second-order valence-electron chi connectivity index (χ2n) is 4.41. The minimum Gasteiger partial charge on any atom is -0.497 e. The third kappa shape index (κ3) is 3.63. The summed E-state index contributed by atoms with van der Waals surface area (Å²) in [5, 5.41) is 0. The Bertz CT molecular complexity index is 481. The smallest absolute Gasteiger partial charge is 0.180 e. The van der Waals surface area contributed by atoms with Gasteiger partial charge in [-0.3, -0.25) is 0 Å². The number of nitrogens with two attached hydrogens (primary N) is 1. The molecule has 4 nitrogen and oxygen atoms in total. The molecule has 0 saturated heterocycles. The number of methoxy groups -OCH3 is 1. The Morgan fingerprint density at radius 1 is 1.35 bits per heavy atom. The van der Waals surface area contributed by atoms with Crippen molar-refractivity contribution in [3.63, 3.8) is 0 Å². The molecule has 0 unspecified atom stereocenters. The molecule has 0 bridgehead atoms. The van der Waals surface area contributed by atoms with Crippen molar-refractivity contribution in [3.05, 3.63) is 18.2 Å². The van der Waals surface area contributed by atoms with Crippen molar-refractivity contribution in [2.24, 2.45) is 5.92 Å². The number of nitrogen functional groups attached to an aromatic ring is 1. The van der Waals surface area contributed by atoms with Gasteiger partial charge in [-0.25, -0.2) is 8.42 Å². The van der Waals surface area contributed by atoms with Crippen molar-refractivity contribution in [2.75, 3.05) is 18.6 Å². The molecular formula is C12H19NO3S. The summed E-state index contributed by atoms with van der Waals surface area (Å²) in [7, 11) is -1.83. The Balaban J connectivity index is 3.05. The molecule has 0 aliphatic heterocycles. The predicted octanol–water partition coefficient (Wildman–Crippen LogP) is 2.10. The van der Waals surface area contributed by atoms with Crippen LogP contribution in [0.1, 0.15) is 20.3 Å². The minimum atomic E-state index is -3.32. The van der Waals surface area contributed by atoms with Crippen LogP contribution in [0.5, 0.6) is 5.75 Å². The zero-order chi connectivity index (χ0) is 13.1. The van der Waals surface area contributed by atoms with Crippen LogP contribution in [0.3, 0.4) is 0 Å². The van der Waals surface area contributed by atoms with E-state index in [1.54, 1.807) is 12.1 Å². The number of sulfone groups is 1. The molecule has 0 radical (unpaired) electrons. The summed E-state index contributed by atoms with van der Waals surface area (Å²) in [5.41, 5.74) is 5.97. The molecule has 0 amide bonds. The highest BCUT2D eigenvalue weighted by Crippen LogP contribution is 2.25. The van der Waals surface area contributed by atoms with Gasteiger partial charge in [0.05, 0.1) is 23.4 Å². The topological polar surface area (TPSA) is 69.4 Å². The van der Waals surface area contributed by atoms with Gasteiger partial charge in [0, 0.05) is 6.07 Å². The van der Waals surface area contributed by atoms with Gasteiger partial charge in [0.2, 0.25) is 0 Å². The molecule has 0 aliphatic rings. The average molecular weight is 257 g/mol. The normalized spacial score (nSPS) is 11.8. The third-order valence-electron chi connectivity index (χ3n) is 2.52. The fourth-order valence-corrected chi connectivity index (χ4v) is 3.14. The zero-order valence-corrected chi connectivity index (χ0v) is 11.3. The first kappa shape index (κ1) is 13.8. The van der Waals surface area contributed by atoms with Crippen molar-refractivity contribution in [2.45, 2.75) is 25.2 Å². The molecule has 17 heavy (non-hydrogen) atoms. The lowest BCUT2D eigenvalue weighted by Gasteiger charge is -2.10. The number of benzene rings is 1. The number of hydrogen-bond acceptors (Lipinski definition) is 4. The van der Waals surface area contributed by atoms with Crippen LogP contribution in [0.4, 0.5) is 5.69 Å².